The van der Waals surface area contributed by atoms with Gasteiger partial charge in [0.1, 0.15) is 10.6 Å². The number of ether oxygens (including phenoxy) is 1. The number of nitrogens with zero attached hydrogens (tertiary/aromatic N) is 3. The fourth-order valence-corrected chi connectivity index (χ4v) is 6.63. The van der Waals surface area contributed by atoms with E-state index in [9.17, 15) is 9.59 Å². The standard InChI is InChI=1S/C26H27ClN4O3S3/c1-4-6-19-12-17(13-35-19)23-29-30-26(31(23)11-5-2)37-15-21(32)28-24-22(25(33)34-3)20(14-36-24)16-7-9-18(27)10-8-16/h7-10,12-14H,4-6,11,15H2,1-3H3,(H,28,32). The van der Waals surface area contributed by atoms with Gasteiger partial charge in [-0.05, 0) is 36.6 Å². The molecule has 0 fully saturated rings. The normalized spacial score (nSPS) is 11.0. The maximum absolute atomic E-state index is 12.9. The smallest absolute Gasteiger partial charge is 0.341 e. The molecule has 1 amide bonds. The van der Waals surface area contributed by atoms with Crippen molar-refractivity contribution in [2.75, 3.05) is 18.2 Å². The quantitative estimate of drug-likeness (QED) is 0.150. The first-order chi connectivity index (χ1) is 17.9. The Bertz CT molecular complexity index is 1380. The van der Waals surface area contributed by atoms with Gasteiger partial charge in [0.25, 0.3) is 0 Å². The van der Waals surface area contributed by atoms with Gasteiger partial charge < -0.3 is 14.6 Å². The molecule has 11 heteroatoms. The minimum Gasteiger partial charge on any atom is -0.465 e. The zero-order valence-corrected chi connectivity index (χ0v) is 24.0. The van der Waals surface area contributed by atoms with Gasteiger partial charge in [0.05, 0.1) is 12.9 Å². The fraction of sp³-hybridized carbons (Fsp3) is 0.308. The van der Waals surface area contributed by atoms with E-state index in [-0.39, 0.29) is 11.7 Å². The molecular formula is C26H27ClN4O3S3. The number of aryl methyl sites for hydroxylation is 1. The number of aromatic nitrogens is 3. The van der Waals surface area contributed by atoms with Gasteiger partial charge in [0.15, 0.2) is 11.0 Å². The third-order valence-electron chi connectivity index (χ3n) is 5.49. The first kappa shape index (κ1) is 27.4. The number of thiophene rings is 2. The molecule has 0 atom stereocenters. The lowest BCUT2D eigenvalue weighted by Crippen LogP contribution is -2.16. The molecule has 0 bridgehead atoms. The molecule has 0 aliphatic carbocycles. The molecule has 0 aliphatic heterocycles. The van der Waals surface area contributed by atoms with Crippen molar-refractivity contribution in [1.29, 1.82) is 0 Å². The van der Waals surface area contributed by atoms with Crippen LogP contribution in [-0.4, -0.2) is 39.5 Å². The summed E-state index contributed by atoms with van der Waals surface area (Å²) in [5.74, 6) is 0.191. The summed E-state index contributed by atoms with van der Waals surface area (Å²) in [6.07, 6.45) is 3.06. The van der Waals surface area contributed by atoms with Crippen LogP contribution >= 0.6 is 46.0 Å². The molecule has 0 saturated heterocycles. The molecule has 0 unspecified atom stereocenters. The molecule has 3 heterocycles. The maximum atomic E-state index is 12.9. The molecule has 0 aliphatic rings. The minimum atomic E-state index is -0.514. The molecule has 0 spiro atoms. The van der Waals surface area contributed by atoms with Gasteiger partial charge in [0.2, 0.25) is 5.91 Å². The molecule has 4 aromatic rings. The van der Waals surface area contributed by atoms with Gasteiger partial charge in [-0.1, -0.05) is 55.8 Å². The predicted octanol–water partition coefficient (Wildman–Crippen LogP) is 7.27. The molecular weight excluding hydrogens is 548 g/mol. The Morgan fingerprint density at radius 3 is 2.57 bits per heavy atom. The number of esters is 1. The van der Waals surface area contributed by atoms with E-state index in [0.29, 0.717) is 26.3 Å². The number of hydrogen-bond acceptors (Lipinski definition) is 8. The van der Waals surface area contributed by atoms with Crippen LogP contribution in [0.5, 0.6) is 0 Å². The predicted molar refractivity (Wildman–Crippen MR) is 153 cm³/mol. The Morgan fingerprint density at radius 2 is 1.86 bits per heavy atom. The third-order valence-corrected chi connectivity index (χ3v) is 8.60. The summed E-state index contributed by atoms with van der Waals surface area (Å²) < 4.78 is 7.07. The van der Waals surface area contributed by atoms with Crippen molar-refractivity contribution < 1.29 is 14.3 Å². The zero-order chi connectivity index (χ0) is 26.4. The second kappa shape index (κ2) is 12.7. The number of carbonyl (C=O) groups excluding carboxylic acids is 2. The number of halogens is 1. The molecule has 1 aromatic carbocycles. The lowest BCUT2D eigenvalue weighted by molar-refractivity contribution is -0.113. The first-order valence-electron chi connectivity index (χ1n) is 11.8. The highest BCUT2D eigenvalue weighted by atomic mass is 35.5. The summed E-state index contributed by atoms with van der Waals surface area (Å²) in [7, 11) is 1.32. The van der Waals surface area contributed by atoms with E-state index in [0.717, 1.165) is 42.8 Å². The van der Waals surface area contributed by atoms with Crippen LogP contribution in [0, 0.1) is 0 Å². The van der Waals surface area contributed by atoms with Gasteiger partial charge in [-0.2, -0.15) is 0 Å². The lowest BCUT2D eigenvalue weighted by atomic mass is 10.0. The Labute approximate surface area is 233 Å². The molecule has 0 saturated carbocycles. The zero-order valence-electron chi connectivity index (χ0n) is 20.7. The summed E-state index contributed by atoms with van der Waals surface area (Å²) in [5.41, 5.74) is 2.88. The molecule has 0 radical (unpaired) electrons. The molecule has 37 heavy (non-hydrogen) atoms. The summed E-state index contributed by atoms with van der Waals surface area (Å²) >= 11 is 10.4. The second-order valence-corrected chi connectivity index (χ2v) is 11.5. The van der Waals surface area contributed by atoms with Crippen LogP contribution in [0.3, 0.4) is 0 Å². The van der Waals surface area contributed by atoms with Gasteiger partial charge >= 0.3 is 5.97 Å². The largest absolute Gasteiger partial charge is 0.465 e. The van der Waals surface area contributed by atoms with Gasteiger partial charge in [0, 0.05) is 38.3 Å². The number of carbonyl (C=O) groups is 2. The van der Waals surface area contributed by atoms with Gasteiger partial charge in [-0.3, -0.25) is 4.79 Å². The number of nitrogens with one attached hydrogen (secondary N) is 1. The minimum absolute atomic E-state index is 0.126. The monoisotopic (exact) mass is 574 g/mol. The van der Waals surface area contributed by atoms with Crippen LogP contribution < -0.4 is 5.32 Å². The lowest BCUT2D eigenvalue weighted by Gasteiger charge is -2.09. The van der Waals surface area contributed by atoms with Crippen LogP contribution in [0.15, 0.2) is 46.2 Å². The number of amides is 1. The number of methoxy groups -OCH3 is 1. The summed E-state index contributed by atoms with van der Waals surface area (Å²) in [6, 6.07) is 9.34. The van der Waals surface area contributed by atoms with E-state index in [1.54, 1.807) is 23.5 Å². The molecule has 194 valence electrons. The van der Waals surface area contributed by atoms with E-state index in [1.165, 1.54) is 35.1 Å². The van der Waals surface area contributed by atoms with Gasteiger partial charge in [-0.25, -0.2) is 4.79 Å². The third kappa shape index (κ3) is 6.43. The SMILES string of the molecule is CCCc1cc(-c2nnc(SCC(=O)Nc3scc(-c4ccc(Cl)cc4)c3C(=O)OC)n2CCC)cs1. The second-order valence-electron chi connectivity index (χ2n) is 8.20. The van der Waals surface area contributed by atoms with E-state index < -0.39 is 5.97 Å². The highest BCUT2D eigenvalue weighted by molar-refractivity contribution is 7.99. The molecule has 7 nitrogen and oxygen atoms in total. The topological polar surface area (TPSA) is 86.1 Å². The summed E-state index contributed by atoms with van der Waals surface area (Å²) in [5, 5.41) is 17.4. The van der Waals surface area contributed by atoms with Gasteiger partial charge in [-0.15, -0.1) is 32.9 Å². The number of hydrogen-bond donors (Lipinski definition) is 1. The summed E-state index contributed by atoms with van der Waals surface area (Å²) in [6.45, 7) is 5.03. The van der Waals surface area contributed by atoms with E-state index >= 15 is 0 Å². The Kier molecular flexibility index (Phi) is 9.42. The summed E-state index contributed by atoms with van der Waals surface area (Å²) in [4.78, 5) is 26.8. The van der Waals surface area contributed by atoms with Crippen LogP contribution in [0.2, 0.25) is 5.02 Å². The number of benzene rings is 1. The Morgan fingerprint density at radius 1 is 1.08 bits per heavy atom. The van der Waals surface area contributed by atoms with E-state index in [2.05, 4.69) is 45.4 Å². The molecule has 4 rings (SSSR count). The van der Waals surface area contributed by atoms with Crippen molar-refractivity contribution in [3.05, 3.63) is 56.6 Å². The van der Waals surface area contributed by atoms with Crippen LogP contribution in [-0.2, 0) is 22.5 Å². The van der Waals surface area contributed by atoms with Crippen molar-refractivity contribution in [3.8, 4) is 22.5 Å². The van der Waals surface area contributed by atoms with Crippen LogP contribution in [0.4, 0.5) is 5.00 Å². The number of thioether (sulfide) groups is 1. The van der Waals surface area contributed by atoms with Crippen LogP contribution in [0.1, 0.15) is 41.9 Å². The number of anilines is 1. The average molecular weight is 575 g/mol. The van der Waals surface area contributed by atoms with Crippen molar-refractivity contribution in [2.24, 2.45) is 0 Å². The highest BCUT2D eigenvalue weighted by Gasteiger charge is 2.23. The number of rotatable bonds is 11. The average Bonchev–Trinajstić information content (AvgIpc) is 3.62. The Hall–Kier alpha value is -2.66. The highest BCUT2D eigenvalue weighted by Crippen LogP contribution is 2.37. The molecule has 3 aromatic heterocycles. The van der Waals surface area contributed by atoms with E-state index in [1.807, 2.05) is 17.5 Å². The maximum Gasteiger partial charge on any atom is 0.341 e. The first-order valence-corrected chi connectivity index (χ1v) is 15.0. The van der Waals surface area contributed by atoms with Crippen molar-refractivity contribution in [1.82, 2.24) is 14.8 Å². The molecule has 1 N–H and O–H groups in total. The van der Waals surface area contributed by atoms with E-state index in [4.69, 9.17) is 16.3 Å². The fourth-order valence-electron chi connectivity index (χ4n) is 3.80. The van der Waals surface area contributed by atoms with Crippen LogP contribution in [0.25, 0.3) is 22.5 Å². The van der Waals surface area contributed by atoms with Crippen molar-refractivity contribution >= 4 is 62.9 Å². The van der Waals surface area contributed by atoms with Crippen molar-refractivity contribution in [3.63, 3.8) is 0 Å². The van der Waals surface area contributed by atoms with Crippen molar-refractivity contribution in [2.45, 2.75) is 44.8 Å². The Balaban J connectivity index is 1.50.